The Balaban J connectivity index is 1.61. The largest absolute Gasteiger partial charge is 0.450 e. The zero-order chi connectivity index (χ0) is 23.5. The maximum Gasteiger partial charge on any atom is 0.363 e. The fourth-order valence-electron chi connectivity index (χ4n) is 2.93. The molecule has 1 aliphatic rings. The van der Waals surface area contributed by atoms with Crippen molar-refractivity contribution >= 4 is 29.3 Å². The van der Waals surface area contributed by atoms with Crippen LogP contribution in [0, 0.1) is 26.0 Å². The van der Waals surface area contributed by atoms with Gasteiger partial charge in [0.25, 0.3) is 5.69 Å². The van der Waals surface area contributed by atoms with E-state index in [-0.39, 0.29) is 23.1 Å². The van der Waals surface area contributed by atoms with Crippen LogP contribution in [0.5, 0.6) is 11.5 Å². The molecule has 1 heterocycles. The average molecular weight is 449 g/mol. The fourth-order valence-corrected chi connectivity index (χ4v) is 2.93. The maximum absolute atomic E-state index is 13.1. The lowest BCUT2D eigenvalue weighted by Gasteiger charge is -2.07. The first-order chi connectivity index (χ1) is 15.8. The van der Waals surface area contributed by atoms with Crippen LogP contribution in [0.3, 0.4) is 0 Å². The average Bonchev–Trinajstić information content (AvgIpc) is 3.14. The van der Waals surface area contributed by atoms with E-state index < -0.39 is 33.0 Å². The normalized spacial score (nSPS) is 14.0. The number of nitrogens with zero attached hydrogens (tertiary/aromatic N) is 3. The summed E-state index contributed by atoms with van der Waals surface area (Å²) in [5, 5.41) is 22.2. The quantitative estimate of drug-likeness (QED) is 0.229. The van der Waals surface area contributed by atoms with Crippen molar-refractivity contribution in [3.05, 3.63) is 110 Å². The third-order valence-corrected chi connectivity index (χ3v) is 4.45. The molecule has 0 fully saturated rings. The Kier molecular flexibility index (Phi) is 5.60. The van der Waals surface area contributed by atoms with Crippen molar-refractivity contribution in [2.75, 3.05) is 0 Å². The molecule has 164 valence electrons. The lowest BCUT2D eigenvalue weighted by atomic mass is 10.2. The number of hydrogen-bond donors (Lipinski definition) is 0. The number of hydrogen-bond acceptors (Lipinski definition) is 8. The van der Waals surface area contributed by atoms with E-state index in [9.17, 15) is 29.4 Å². The van der Waals surface area contributed by atoms with Gasteiger partial charge in [-0.05, 0) is 54.1 Å². The monoisotopic (exact) mass is 449 g/mol. The van der Waals surface area contributed by atoms with Crippen molar-refractivity contribution in [3.63, 3.8) is 0 Å². The van der Waals surface area contributed by atoms with Crippen molar-refractivity contribution in [2.45, 2.75) is 0 Å². The van der Waals surface area contributed by atoms with Gasteiger partial charge < -0.3 is 9.47 Å². The van der Waals surface area contributed by atoms with Crippen LogP contribution in [0.2, 0.25) is 0 Å². The van der Waals surface area contributed by atoms with E-state index >= 15 is 0 Å². The van der Waals surface area contributed by atoms with Crippen molar-refractivity contribution in [1.82, 2.24) is 0 Å². The number of benzene rings is 3. The Bertz CT molecular complexity index is 1350. The highest BCUT2D eigenvalue weighted by atomic mass is 19.1. The summed E-state index contributed by atoms with van der Waals surface area (Å²) in [6.45, 7) is 0. The highest BCUT2D eigenvalue weighted by Crippen LogP contribution is 2.34. The predicted octanol–water partition coefficient (Wildman–Crippen LogP) is 4.78. The number of halogens is 1. The second-order valence-electron chi connectivity index (χ2n) is 6.68. The number of carbonyl (C=O) groups excluding carboxylic acids is 1. The number of carbonyl (C=O) groups is 1. The van der Waals surface area contributed by atoms with Crippen LogP contribution in [0.1, 0.15) is 11.1 Å². The lowest BCUT2D eigenvalue weighted by Crippen LogP contribution is -2.05. The predicted molar refractivity (Wildman–Crippen MR) is 113 cm³/mol. The third-order valence-electron chi connectivity index (χ3n) is 4.45. The summed E-state index contributed by atoms with van der Waals surface area (Å²) in [6.07, 6.45) is 1.43. The molecule has 0 unspecified atom stereocenters. The van der Waals surface area contributed by atoms with Gasteiger partial charge in [-0.2, -0.15) is 0 Å². The van der Waals surface area contributed by atoms with Crippen LogP contribution in [0.15, 0.2) is 77.4 Å². The fraction of sp³-hybridized carbons (Fsp3) is 0. The molecule has 0 N–H and O–H groups in total. The third kappa shape index (κ3) is 4.71. The molecule has 33 heavy (non-hydrogen) atoms. The molecule has 11 heteroatoms. The summed E-state index contributed by atoms with van der Waals surface area (Å²) in [5.74, 6) is -1.11. The van der Waals surface area contributed by atoms with E-state index in [1.54, 1.807) is 12.1 Å². The summed E-state index contributed by atoms with van der Waals surface area (Å²) in [7, 11) is 0. The zero-order valence-electron chi connectivity index (χ0n) is 16.5. The van der Waals surface area contributed by atoms with E-state index in [1.807, 2.05) is 0 Å². The standard InChI is InChI=1S/C22H12FN3O7/c23-15-6-4-14(5-7-15)21-24-18(22(27)33-21)11-13-2-1-3-17(10-13)32-20-9-8-16(25(28)29)12-19(20)26(30)31/h1-12H/b18-11-. The van der Waals surface area contributed by atoms with Crippen LogP contribution < -0.4 is 4.74 Å². The van der Waals surface area contributed by atoms with E-state index in [1.165, 1.54) is 42.5 Å². The van der Waals surface area contributed by atoms with Gasteiger partial charge in [0.05, 0.1) is 15.9 Å². The first-order valence-corrected chi connectivity index (χ1v) is 9.29. The Labute approximate surface area is 184 Å². The molecule has 0 saturated heterocycles. The molecule has 0 bridgehead atoms. The molecule has 3 aromatic rings. The number of nitro groups is 2. The molecule has 0 radical (unpaired) electrons. The number of nitro benzene ring substituents is 2. The van der Waals surface area contributed by atoms with E-state index in [4.69, 9.17) is 9.47 Å². The van der Waals surface area contributed by atoms with E-state index in [0.717, 1.165) is 18.2 Å². The van der Waals surface area contributed by atoms with Gasteiger partial charge in [0.1, 0.15) is 11.6 Å². The van der Waals surface area contributed by atoms with Gasteiger partial charge in [0.15, 0.2) is 5.70 Å². The maximum atomic E-state index is 13.1. The van der Waals surface area contributed by atoms with E-state index in [0.29, 0.717) is 11.1 Å². The van der Waals surface area contributed by atoms with Gasteiger partial charge in [-0.1, -0.05) is 12.1 Å². The molecule has 0 aromatic heterocycles. The van der Waals surface area contributed by atoms with E-state index in [2.05, 4.69) is 4.99 Å². The van der Waals surface area contributed by atoms with Crippen LogP contribution in [-0.4, -0.2) is 21.7 Å². The Hall–Kier alpha value is -4.93. The van der Waals surface area contributed by atoms with Crippen LogP contribution in [0.4, 0.5) is 15.8 Å². The van der Waals surface area contributed by atoms with Crippen molar-refractivity contribution < 1.29 is 28.5 Å². The number of cyclic esters (lactones) is 1. The molecule has 0 aliphatic carbocycles. The summed E-state index contributed by atoms with van der Waals surface area (Å²) in [4.78, 5) is 36.9. The van der Waals surface area contributed by atoms with Gasteiger partial charge in [-0.25, -0.2) is 14.2 Å². The Morgan fingerprint density at radius 2 is 1.73 bits per heavy atom. The van der Waals surface area contributed by atoms with Gasteiger partial charge in [0.2, 0.25) is 11.6 Å². The second kappa shape index (κ2) is 8.67. The molecule has 0 spiro atoms. The first kappa shape index (κ1) is 21.3. The minimum Gasteiger partial charge on any atom is -0.450 e. The summed E-state index contributed by atoms with van der Waals surface area (Å²) in [5.41, 5.74) is -0.111. The smallest absolute Gasteiger partial charge is 0.363 e. The minimum absolute atomic E-state index is 0.00667. The molecular weight excluding hydrogens is 437 g/mol. The van der Waals surface area contributed by atoms with Crippen molar-refractivity contribution in [3.8, 4) is 11.5 Å². The molecule has 0 amide bonds. The molecule has 0 atom stereocenters. The van der Waals surface area contributed by atoms with Crippen LogP contribution in [0.25, 0.3) is 6.08 Å². The summed E-state index contributed by atoms with van der Waals surface area (Å²) < 4.78 is 23.8. The lowest BCUT2D eigenvalue weighted by molar-refractivity contribution is -0.394. The number of aliphatic imine (C=N–C) groups is 1. The number of non-ortho nitro benzene ring substituents is 1. The zero-order valence-corrected chi connectivity index (χ0v) is 16.5. The number of rotatable bonds is 6. The molecule has 4 rings (SSSR count). The van der Waals surface area contributed by atoms with Crippen molar-refractivity contribution in [2.24, 2.45) is 4.99 Å². The Morgan fingerprint density at radius 1 is 0.970 bits per heavy atom. The SMILES string of the molecule is O=C1OC(c2ccc(F)cc2)=N/C1=C\c1cccc(Oc2ccc([N+](=O)[O-])cc2[N+](=O)[O-])c1. The topological polar surface area (TPSA) is 134 Å². The van der Waals surface area contributed by atoms with Crippen molar-refractivity contribution in [1.29, 1.82) is 0 Å². The number of esters is 1. The van der Waals surface area contributed by atoms with Gasteiger partial charge >= 0.3 is 11.7 Å². The summed E-state index contributed by atoms with van der Waals surface area (Å²) >= 11 is 0. The number of ether oxygens (including phenoxy) is 2. The van der Waals surface area contributed by atoms with Gasteiger partial charge in [-0.15, -0.1) is 0 Å². The summed E-state index contributed by atoms with van der Waals surface area (Å²) in [6, 6.07) is 14.6. The highest BCUT2D eigenvalue weighted by Gasteiger charge is 2.24. The molecule has 3 aromatic carbocycles. The minimum atomic E-state index is -0.783. The highest BCUT2D eigenvalue weighted by molar-refractivity contribution is 6.12. The van der Waals surface area contributed by atoms with Crippen LogP contribution >= 0.6 is 0 Å². The van der Waals surface area contributed by atoms with Gasteiger partial charge in [0, 0.05) is 11.6 Å². The Morgan fingerprint density at radius 3 is 2.42 bits per heavy atom. The van der Waals surface area contributed by atoms with Gasteiger partial charge in [-0.3, -0.25) is 20.2 Å². The molecular formula is C22H12FN3O7. The first-order valence-electron chi connectivity index (χ1n) is 9.29. The van der Waals surface area contributed by atoms with Crippen LogP contribution in [-0.2, 0) is 9.53 Å². The molecule has 0 saturated carbocycles. The molecule has 1 aliphatic heterocycles. The molecule has 10 nitrogen and oxygen atoms in total. The second-order valence-corrected chi connectivity index (χ2v) is 6.68.